The van der Waals surface area contributed by atoms with Gasteiger partial charge in [0, 0.05) is 23.2 Å². The number of urea groups is 2. The van der Waals surface area contributed by atoms with Gasteiger partial charge in [0.05, 0.1) is 13.7 Å². The van der Waals surface area contributed by atoms with Gasteiger partial charge in [0.15, 0.2) is 0 Å². The van der Waals surface area contributed by atoms with Crippen molar-refractivity contribution in [3.8, 4) is 17.6 Å². The second-order valence-electron chi connectivity index (χ2n) is 8.49. The van der Waals surface area contributed by atoms with E-state index in [0.717, 1.165) is 11.6 Å². The number of imide groups is 2. The number of hydrogen-bond donors (Lipinski definition) is 4. The van der Waals surface area contributed by atoms with Crippen molar-refractivity contribution in [2.45, 2.75) is 25.0 Å². The highest BCUT2D eigenvalue weighted by Crippen LogP contribution is 2.28. The summed E-state index contributed by atoms with van der Waals surface area (Å²) in [5, 5.41) is 8.93. The molecule has 1 saturated heterocycles. The van der Waals surface area contributed by atoms with Crippen molar-refractivity contribution in [1.29, 1.82) is 0 Å². The summed E-state index contributed by atoms with van der Waals surface area (Å²) >= 11 is 0. The van der Waals surface area contributed by atoms with Gasteiger partial charge in [-0.2, -0.15) is 0 Å². The molecular weight excluding hydrogens is 485 g/mol. The summed E-state index contributed by atoms with van der Waals surface area (Å²) in [6.07, 6.45) is 0.204. The first-order chi connectivity index (χ1) is 17.6. The van der Waals surface area contributed by atoms with Gasteiger partial charge in [-0.05, 0) is 36.8 Å². The van der Waals surface area contributed by atoms with Gasteiger partial charge in [-0.25, -0.2) is 14.0 Å². The average molecular weight is 507 g/mol. The van der Waals surface area contributed by atoms with Crippen LogP contribution in [0.3, 0.4) is 0 Å². The number of ether oxygens (including phenoxy) is 1. The third-order valence-electron chi connectivity index (χ3n) is 6.04. The predicted octanol–water partition coefficient (Wildman–Crippen LogP) is 0.721. The van der Waals surface area contributed by atoms with Crippen LogP contribution in [0.5, 0.6) is 5.75 Å². The Morgan fingerprint density at radius 1 is 1.27 bits per heavy atom. The lowest BCUT2D eigenvalue weighted by Gasteiger charge is -2.22. The van der Waals surface area contributed by atoms with E-state index in [9.17, 15) is 28.4 Å². The summed E-state index contributed by atoms with van der Waals surface area (Å²) in [5.74, 6) is 4.33. The fourth-order valence-electron chi connectivity index (χ4n) is 4.12. The van der Waals surface area contributed by atoms with Gasteiger partial charge in [0.25, 0.3) is 11.8 Å². The third-order valence-corrected chi connectivity index (χ3v) is 6.04. The molecule has 12 heteroatoms. The van der Waals surface area contributed by atoms with Gasteiger partial charge < -0.3 is 20.3 Å². The zero-order valence-electron chi connectivity index (χ0n) is 19.8. The van der Waals surface area contributed by atoms with Crippen LogP contribution in [-0.4, -0.2) is 54.9 Å². The van der Waals surface area contributed by atoms with Crippen LogP contribution < -0.4 is 26.0 Å². The quantitative estimate of drug-likeness (QED) is 0.258. The number of methoxy groups -OCH3 is 1. The maximum Gasteiger partial charge on any atom is 0.322 e. The Balaban J connectivity index is 1.55. The highest BCUT2D eigenvalue weighted by Gasteiger charge is 2.45. The van der Waals surface area contributed by atoms with Crippen molar-refractivity contribution in [3.63, 3.8) is 0 Å². The Labute approximate surface area is 210 Å². The van der Waals surface area contributed by atoms with Gasteiger partial charge in [0.1, 0.15) is 23.1 Å². The second kappa shape index (κ2) is 9.98. The Morgan fingerprint density at radius 3 is 2.70 bits per heavy atom. The van der Waals surface area contributed by atoms with Crippen molar-refractivity contribution in [2.24, 2.45) is 0 Å². The van der Waals surface area contributed by atoms with Gasteiger partial charge in [0.2, 0.25) is 6.41 Å². The molecule has 2 aliphatic rings. The molecule has 2 aromatic carbocycles. The molecule has 1 unspecified atom stereocenters. The van der Waals surface area contributed by atoms with E-state index in [1.54, 1.807) is 18.2 Å². The number of amides is 7. The van der Waals surface area contributed by atoms with Gasteiger partial charge in [-0.1, -0.05) is 24.0 Å². The number of halogens is 1. The van der Waals surface area contributed by atoms with Crippen LogP contribution in [0.2, 0.25) is 0 Å². The first kappa shape index (κ1) is 25.2. The molecule has 7 amide bonds. The monoisotopic (exact) mass is 507 g/mol. The lowest BCUT2D eigenvalue weighted by Crippen LogP contribution is -2.46. The number of carbonyl (C=O) groups is 5. The Morgan fingerprint density at radius 2 is 2.05 bits per heavy atom. The maximum absolute atomic E-state index is 14.9. The van der Waals surface area contributed by atoms with Crippen molar-refractivity contribution in [2.75, 3.05) is 13.7 Å². The van der Waals surface area contributed by atoms with Crippen molar-refractivity contribution in [1.82, 2.24) is 26.2 Å². The molecule has 11 nitrogen and oxygen atoms in total. The minimum absolute atomic E-state index is 0.0139. The molecule has 0 aliphatic carbocycles. The van der Waals surface area contributed by atoms with Gasteiger partial charge in [-0.15, -0.1) is 0 Å². The molecule has 2 aromatic rings. The van der Waals surface area contributed by atoms with Crippen LogP contribution in [0.4, 0.5) is 14.0 Å². The van der Waals surface area contributed by atoms with E-state index in [0.29, 0.717) is 11.3 Å². The van der Waals surface area contributed by atoms with Crippen molar-refractivity contribution in [3.05, 3.63) is 64.5 Å². The molecule has 37 heavy (non-hydrogen) atoms. The number of carbonyl (C=O) groups excluding carboxylic acids is 5. The lowest BCUT2D eigenvalue weighted by molar-refractivity contribution is -0.123. The fraction of sp³-hybridized carbons (Fsp3) is 0.240. The van der Waals surface area contributed by atoms with Crippen LogP contribution in [-0.2, 0) is 21.7 Å². The molecule has 2 atom stereocenters. The van der Waals surface area contributed by atoms with Crippen molar-refractivity contribution < 1.29 is 33.1 Å². The van der Waals surface area contributed by atoms with Gasteiger partial charge >= 0.3 is 12.1 Å². The summed E-state index contributed by atoms with van der Waals surface area (Å²) < 4.78 is 20.1. The molecule has 1 fully saturated rings. The van der Waals surface area contributed by atoms with E-state index in [1.807, 2.05) is 5.32 Å². The highest BCUT2D eigenvalue weighted by atomic mass is 19.1. The summed E-state index contributed by atoms with van der Waals surface area (Å²) in [5.41, 5.74) is -0.144. The summed E-state index contributed by atoms with van der Waals surface area (Å²) in [4.78, 5) is 60.7. The highest BCUT2D eigenvalue weighted by molar-refractivity contribution is 6.07. The summed E-state index contributed by atoms with van der Waals surface area (Å²) in [6.45, 7) is 1.65. The van der Waals surface area contributed by atoms with E-state index in [1.165, 1.54) is 31.1 Å². The van der Waals surface area contributed by atoms with Crippen LogP contribution in [0, 0.1) is 17.7 Å². The molecular formula is C25H22FN5O6. The number of fused-ring (bicyclic) bond motifs is 1. The number of nitrogens with one attached hydrogen (secondary N) is 4. The molecule has 190 valence electrons. The smallest absolute Gasteiger partial charge is 0.322 e. The minimum atomic E-state index is -1.57. The fourth-order valence-corrected chi connectivity index (χ4v) is 4.12. The lowest BCUT2D eigenvalue weighted by atomic mass is 9.91. The number of benzene rings is 2. The SMILES string of the molecule is COc1ccc2c(c1)C(=O)N(C[C@@H](C#Cc1ccc(C3(C)NC(=O)NC3=O)c(F)c1)NC(=O)NC=O)C2. The van der Waals surface area contributed by atoms with E-state index in [2.05, 4.69) is 27.8 Å². The van der Waals surface area contributed by atoms with Crippen LogP contribution in [0.25, 0.3) is 0 Å². The molecule has 0 spiro atoms. The zero-order chi connectivity index (χ0) is 26.7. The Hall–Kier alpha value is -4.92. The largest absolute Gasteiger partial charge is 0.497 e. The normalized spacial score (nSPS) is 18.7. The Kier molecular flexibility index (Phi) is 6.79. The first-order valence-corrected chi connectivity index (χ1v) is 11.1. The molecule has 0 aromatic heterocycles. The molecule has 2 heterocycles. The second-order valence-corrected chi connectivity index (χ2v) is 8.49. The molecule has 0 saturated carbocycles. The van der Waals surface area contributed by atoms with E-state index < -0.39 is 35.4 Å². The van der Waals surface area contributed by atoms with Gasteiger partial charge in [-0.3, -0.25) is 25.0 Å². The maximum atomic E-state index is 14.9. The van der Waals surface area contributed by atoms with Crippen LogP contribution in [0.15, 0.2) is 36.4 Å². The third kappa shape index (κ3) is 5.06. The molecule has 2 aliphatic heterocycles. The standard InChI is InChI=1S/C25H22FN5O6/c1-25(22(34)29-24(36)30-25)19-8-4-14(9-20(19)26)3-6-16(28-23(35)27-13-32)12-31-11-15-5-7-17(37-2)10-18(15)21(31)33/h4-5,7-10,13,16H,11-12H2,1-2H3,(H2,27,28,32,35)(H2,29,30,34,36)/t16-,25?/m1/s1. The van der Waals surface area contributed by atoms with E-state index >= 15 is 0 Å². The van der Waals surface area contributed by atoms with Crippen LogP contribution >= 0.6 is 0 Å². The predicted molar refractivity (Wildman–Crippen MR) is 127 cm³/mol. The molecule has 0 radical (unpaired) electrons. The minimum Gasteiger partial charge on any atom is -0.497 e. The van der Waals surface area contributed by atoms with Crippen molar-refractivity contribution >= 4 is 30.3 Å². The molecule has 0 bridgehead atoms. The summed E-state index contributed by atoms with van der Waals surface area (Å²) in [6, 6.07) is 6.56. The number of rotatable bonds is 6. The van der Waals surface area contributed by atoms with Crippen LogP contribution in [0.1, 0.15) is 34.0 Å². The van der Waals surface area contributed by atoms with E-state index in [4.69, 9.17) is 4.74 Å². The summed E-state index contributed by atoms with van der Waals surface area (Å²) in [7, 11) is 1.49. The van der Waals surface area contributed by atoms with E-state index in [-0.39, 0.29) is 36.5 Å². The first-order valence-electron chi connectivity index (χ1n) is 11.1. The molecule has 4 rings (SSSR count). The Bertz CT molecular complexity index is 1380. The number of hydrogen-bond acceptors (Lipinski definition) is 6. The number of nitrogens with zero attached hydrogens (tertiary/aromatic N) is 1. The zero-order valence-corrected chi connectivity index (χ0v) is 19.8. The molecule has 4 N–H and O–H groups in total. The average Bonchev–Trinajstić information content (AvgIpc) is 3.31. The topological polar surface area (TPSA) is 146 Å².